The number of aromatic nitrogens is 3. The molecule has 250 valence electrons. The number of fused-ring (bicyclic) bond motifs is 1. The topological polar surface area (TPSA) is 117 Å². The van der Waals surface area contributed by atoms with Crippen LogP contribution >= 0.6 is 23.2 Å². The Balaban J connectivity index is 1.13. The van der Waals surface area contributed by atoms with Gasteiger partial charge in [0.1, 0.15) is 28.5 Å². The predicted molar refractivity (Wildman–Crippen MR) is 176 cm³/mol. The summed E-state index contributed by atoms with van der Waals surface area (Å²) in [6.45, 7) is 4.94. The van der Waals surface area contributed by atoms with E-state index in [2.05, 4.69) is 15.1 Å². The minimum absolute atomic E-state index is 0.0632. The maximum absolute atomic E-state index is 15.3. The van der Waals surface area contributed by atoms with Crippen LogP contribution in [-0.2, 0) is 11.3 Å². The quantitative estimate of drug-likeness (QED) is 0.130. The van der Waals surface area contributed by atoms with E-state index in [0.29, 0.717) is 58.2 Å². The Morgan fingerprint density at radius 1 is 1.13 bits per heavy atom. The van der Waals surface area contributed by atoms with E-state index in [1.165, 1.54) is 18.6 Å². The van der Waals surface area contributed by atoms with Crippen LogP contribution in [0.25, 0.3) is 22.2 Å². The molecule has 4 aromatic rings. The zero-order valence-corrected chi connectivity index (χ0v) is 28.0. The number of carboxylic acids is 1. The van der Waals surface area contributed by atoms with Gasteiger partial charge in [0.2, 0.25) is 0 Å². The highest BCUT2D eigenvalue weighted by atomic mass is 35.5. The van der Waals surface area contributed by atoms with Gasteiger partial charge < -0.3 is 23.8 Å². The molecule has 2 aliphatic carbocycles. The first-order chi connectivity index (χ1) is 22.6. The van der Waals surface area contributed by atoms with Crippen molar-refractivity contribution in [3.63, 3.8) is 0 Å². The van der Waals surface area contributed by atoms with Gasteiger partial charge >= 0.3 is 5.97 Å². The summed E-state index contributed by atoms with van der Waals surface area (Å²) in [6, 6.07) is 4.28. The first kappa shape index (κ1) is 33.4. The molecule has 2 saturated carbocycles. The van der Waals surface area contributed by atoms with E-state index in [0.717, 1.165) is 62.7 Å². The highest BCUT2D eigenvalue weighted by Crippen LogP contribution is 2.46. The van der Waals surface area contributed by atoms with Crippen LogP contribution in [0.2, 0.25) is 10.0 Å². The summed E-state index contributed by atoms with van der Waals surface area (Å²) in [4.78, 5) is 19.7. The van der Waals surface area contributed by atoms with Crippen molar-refractivity contribution < 1.29 is 33.0 Å². The van der Waals surface area contributed by atoms with Crippen molar-refractivity contribution in [2.45, 2.75) is 90.3 Å². The average molecular weight is 687 g/mol. The summed E-state index contributed by atoms with van der Waals surface area (Å²) in [5.41, 5.74) is 1.66. The molecule has 0 amide bonds. The minimum Gasteiger partial charge on any atom is -0.493 e. The molecule has 9 nitrogen and oxygen atoms in total. The zero-order chi connectivity index (χ0) is 33.1. The number of carboxylic acid groups (broad SMARTS) is 1. The molecule has 0 saturated heterocycles. The predicted octanol–water partition coefficient (Wildman–Crippen LogP) is 9.42. The van der Waals surface area contributed by atoms with Crippen LogP contribution < -0.4 is 9.47 Å². The summed E-state index contributed by atoms with van der Waals surface area (Å²) in [6.07, 6.45) is 12.1. The molecule has 2 fully saturated rings. The Hall–Kier alpha value is -3.47. The van der Waals surface area contributed by atoms with Crippen molar-refractivity contribution in [3.8, 4) is 22.8 Å². The molecule has 0 aliphatic heterocycles. The second-order valence-electron chi connectivity index (χ2n) is 12.9. The number of pyridine rings is 2. The van der Waals surface area contributed by atoms with E-state index in [4.69, 9.17) is 41.9 Å². The SMILES string of the molecule is CC(C)Oc1cc(C(=O)O)nc2c(F)cc(OCC3(CCCOCc4c(-c5c(Cl)cncc5Cl)noc4C4CC4)CCCCC3)cc12. The van der Waals surface area contributed by atoms with Gasteiger partial charge in [-0.3, -0.25) is 4.98 Å². The molecule has 3 aromatic heterocycles. The van der Waals surface area contributed by atoms with Crippen molar-refractivity contribution in [1.29, 1.82) is 0 Å². The van der Waals surface area contributed by atoms with Gasteiger partial charge in [0.25, 0.3) is 0 Å². The molecule has 47 heavy (non-hydrogen) atoms. The first-order valence-electron chi connectivity index (χ1n) is 16.2. The molecule has 2 aliphatic rings. The molecule has 0 bridgehead atoms. The average Bonchev–Trinajstić information content (AvgIpc) is 3.80. The van der Waals surface area contributed by atoms with Gasteiger partial charge in [-0.1, -0.05) is 47.6 Å². The fourth-order valence-electron chi connectivity index (χ4n) is 6.46. The fraction of sp³-hybridized carbons (Fsp3) is 0.486. The maximum atomic E-state index is 15.3. The van der Waals surface area contributed by atoms with Gasteiger partial charge in [0.05, 0.1) is 29.4 Å². The molecule has 6 rings (SSSR count). The molecule has 12 heteroatoms. The van der Waals surface area contributed by atoms with Crippen molar-refractivity contribution >= 4 is 40.1 Å². The molecule has 3 heterocycles. The number of hydrogen-bond donors (Lipinski definition) is 1. The first-order valence-corrected chi connectivity index (χ1v) is 16.9. The number of hydrogen-bond acceptors (Lipinski definition) is 8. The minimum atomic E-state index is -1.25. The summed E-state index contributed by atoms with van der Waals surface area (Å²) in [5.74, 6) is -0.134. The third-order valence-corrected chi connectivity index (χ3v) is 9.52. The smallest absolute Gasteiger partial charge is 0.354 e. The summed E-state index contributed by atoms with van der Waals surface area (Å²) in [5, 5.41) is 15.0. The monoisotopic (exact) mass is 685 g/mol. The number of nitrogens with zero attached hydrogens (tertiary/aromatic N) is 3. The lowest BCUT2D eigenvalue weighted by atomic mass is 9.72. The van der Waals surface area contributed by atoms with Gasteiger partial charge in [-0.2, -0.15) is 0 Å². The zero-order valence-electron chi connectivity index (χ0n) is 26.5. The van der Waals surface area contributed by atoms with Crippen LogP contribution in [-0.4, -0.2) is 45.5 Å². The van der Waals surface area contributed by atoms with E-state index in [9.17, 15) is 9.90 Å². The van der Waals surface area contributed by atoms with Crippen molar-refractivity contribution in [3.05, 3.63) is 63.5 Å². The van der Waals surface area contributed by atoms with E-state index in [1.54, 1.807) is 18.5 Å². The molecular formula is C35H38Cl2FN3O6. The van der Waals surface area contributed by atoms with Gasteiger partial charge in [-0.15, -0.1) is 0 Å². The number of rotatable bonds is 14. The lowest BCUT2D eigenvalue weighted by Gasteiger charge is -2.37. The Bertz CT molecular complexity index is 1730. The lowest BCUT2D eigenvalue weighted by molar-refractivity contribution is 0.0614. The van der Waals surface area contributed by atoms with Gasteiger partial charge in [-0.05, 0) is 58.4 Å². The fourth-order valence-corrected chi connectivity index (χ4v) is 7.01. The molecule has 0 unspecified atom stereocenters. The van der Waals surface area contributed by atoms with Crippen LogP contribution in [0.3, 0.4) is 0 Å². The van der Waals surface area contributed by atoms with Crippen molar-refractivity contribution in [2.75, 3.05) is 13.2 Å². The van der Waals surface area contributed by atoms with Crippen LogP contribution in [0.5, 0.6) is 11.5 Å². The standard InChI is InChI=1S/C35H38Cl2FN3O6/c1-20(2)46-29-15-28(34(42)43)40-31-23(29)13-22(14-27(31)38)45-19-35(9-4-3-5-10-35)11-6-12-44-18-24-32(41-47-33(24)21-7-8-21)30-25(36)16-39-17-26(30)37/h13-17,20-21H,3-12,18-19H2,1-2H3,(H,42,43). The Morgan fingerprint density at radius 3 is 2.55 bits per heavy atom. The van der Waals surface area contributed by atoms with Crippen molar-refractivity contribution in [1.82, 2.24) is 15.1 Å². The second kappa shape index (κ2) is 14.3. The summed E-state index contributed by atoms with van der Waals surface area (Å²) < 4.78 is 39.4. The molecular weight excluding hydrogens is 648 g/mol. The Labute approximate surface area is 282 Å². The maximum Gasteiger partial charge on any atom is 0.354 e. The highest BCUT2D eigenvalue weighted by molar-refractivity contribution is 6.38. The third-order valence-electron chi connectivity index (χ3n) is 8.94. The lowest BCUT2D eigenvalue weighted by Crippen LogP contribution is -2.31. The molecule has 0 atom stereocenters. The molecule has 0 spiro atoms. The van der Waals surface area contributed by atoms with Crippen LogP contribution in [0.1, 0.15) is 99.4 Å². The van der Waals surface area contributed by atoms with E-state index >= 15 is 4.39 Å². The third kappa shape index (κ3) is 7.66. The largest absolute Gasteiger partial charge is 0.493 e. The number of ether oxygens (including phenoxy) is 3. The normalized spacial score (nSPS) is 16.1. The summed E-state index contributed by atoms with van der Waals surface area (Å²) >= 11 is 12.9. The number of benzene rings is 1. The Kier molecular flexibility index (Phi) is 10.2. The number of aromatic carboxylic acids is 1. The van der Waals surface area contributed by atoms with Gasteiger partial charge in [-0.25, -0.2) is 14.2 Å². The van der Waals surface area contributed by atoms with Gasteiger partial charge in [0, 0.05) is 59.0 Å². The van der Waals surface area contributed by atoms with E-state index < -0.39 is 11.8 Å². The number of carbonyl (C=O) groups is 1. The second-order valence-corrected chi connectivity index (χ2v) is 13.7. The van der Waals surface area contributed by atoms with E-state index in [-0.39, 0.29) is 28.5 Å². The molecule has 1 aromatic carbocycles. The number of halogens is 3. The summed E-state index contributed by atoms with van der Waals surface area (Å²) in [7, 11) is 0. The molecule has 1 N–H and O–H groups in total. The molecule has 0 radical (unpaired) electrons. The van der Waals surface area contributed by atoms with Crippen LogP contribution in [0, 0.1) is 11.2 Å². The van der Waals surface area contributed by atoms with Gasteiger partial charge in [0.15, 0.2) is 11.5 Å². The van der Waals surface area contributed by atoms with Crippen molar-refractivity contribution in [2.24, 2.45) is 5.41 Å². The highest BCUT2D eigenvalue weighted by Gasteiger charge is 2.35. The Morgan fingerprint density at radius 2 is 1.87 bits per heavy atom. The van der Waals surface area contributed by atoms with Crippen LogP contribution in [0.4, 0.5) is 4.39 Å². The van der Waals surface area contributed by atoms with Crippen LogP contribution in [0.15, 0.2) is 35.1 Å². The van der Waals surface area contributed by atoms with E-state index in [1.807, 2.05) is 13.8 Å².